The Morgan fingerprint density at radius 3 is 2.71 bits per heavy atom. The van der Waals surface area contributed by atoms with Gasteiger partial charge in [-0.2, -0.15) is 23.4 Å². The predicted molar refractivity (Wildman–Crippen MR) is 77.4 cm³/mol. The molecule has 0 bridgehead atoms. The molecule has 0 saturated carbocycles. The summed E-state index contributed by atoms with van der Waals surface area (Å²) in [7, 11) is 1.42. The van der Waals surface area contributed by atoms with Crippen LogP contribution in [0.15, 0.2) is 16.9 Å². The Morgan fingerprint density at radius 2 is 2.04 bits per heavy atom. The highest BCUT2D eigenvalue weighted by Gasteiger charge is 2.40. The maximum Gasteiger partial charge on any atom is 0.435 e. The Hall–Kier alpha value is -2.65. The molecule has 128 valence electrons. The van der Waals surface area contributed by atoms with E-state index in [1.54, 1.807) is 0 Å². The highest BCUT2D eigenvalue weighted by atomic mass is 19.4. The lowest BCUT2D eigenvalue weighted by atomic mass is 10.2. The van der Waals surface area contributed by atoms with Crippen LogP contribution in [0.4, 0.5) is 19.0 Å². The lowest BCUT2D eigenvalue weighted by molar-refractivity contribution is -0.142. The first-order valence-electron chi connectivity index (χ1n) is 7.25. The van der Waals surface area contributed by atoms with E-state index in [9.17, 15) is 22.8 Å². The Bertz CT molecular complexity index is 853. The van der Waals surface area contributed by atoms with Crippen molar-refractivity contribution >= 4 is 11.7 Å². The van der Waals surface area contributed by atoms with Crippen molar-refractivity contribution in [2.24, 2.45) is 7.05 Å². The van der Waals surface area contributed by atoms with Crippen LogP contribution in [-0.4, -0.2) is 25.5 Å². The van der Waals surface area contributed by atoms with E-state index in [0.717, 1.165) is 9.36 Å². The minimum absolute atomic E-state index is 0.141. The number of hydrogen-bond acceptors (Lipinski definition) is 4. The molecule has 0 saturated heterocycles. The minimum Gasteiger partial charge on any atom is -0.308 e. The van der Waals surface area contributed by atoms with Crippen LogP contribution in [0.5, 0.6) is 0 Å². The molecule has 0 aliphatic heterocycles. The molecule has 24 heavy (non-hydrogen) atoms. The molecule has 1 aliphatic rings. The number of nitrogens with zero attached hydrogens (tertiary/aromatic N) is 4. The fraction of sp³-hybridized carbons (Fsp3) is 0.429. The molecule has 2 heterocycles. The lowest BCUT2D eigenvalue weighted by Gasteiger charge is -2.07. The van der Waals surface area contributed by atoms with Gasteiger partial charge in [0.25, 0.3) is 5.56 Å². The average molecular weight is 341 g/mol. The van der Waals surface area contributed by atoms with Crippen LogP contribution < -0.4 is 10.9 Å². The molecule has 0 fully saturated rings. The molecule has 1 N–H and O–H groups in total. The van der Waals surface area contributed by atoms with Gasteiger partial charge < -0.3 is 5.32 Å². The first kappa shape index (κ1) is 16.2. The van der Waals surface area contributed by atoms with Crippen molar-refractivity contribution in [1.82, 2.24) is 19.6 Å². The molecule has 0 aromatic carbocycles. The van der Waals surface area contributed by atoms with E-state index in [2.05, 4.69) is 15.5 Å². The van der Waals surface area contributed by atoms with Crippen molar-refractivity contribution in [3.05, 3.63) is 39.4 Å². The highest BCUT2D eigenvalue weighted by Crippen LogP contribution is 2.36. The molecule has 2 aromatic heterocycles. The fourth-order valence-corrected chi connectivity index (χ4v) is 2.76. The maximum absolute atomic E-state index is 13.0. The number of carbonyl (C=O) groups excluding carboxylic acids is 1. The van der Waals surface area contributed by atoms with Gasteiger partial charge in [0.05, 0.1) is 0 Å². The molecule has 1 amide bonds. The van der Waals surface area contributed by atoms with Gasteiger partial charge in [0.1, 0.15) is 6.54 Å². The smallest absolute Gasteiger partial charge is 0.308 e. The largest absolute Gasteiger partial charge is 0.435 e. The maximum atomic E-state index is 13.0. The van der Waals surface area contributed by atoms with Crippen molar-refractivity contribution in [1.29, 1.82) is 0 Å². The summed E-state index contributed by atoms with van der Waals surface area (Å²) in [5.41, 5.74) is -0.628. The number of anilines is 1. The minimum atomic E-state index is -4.53. The standard InChI is InChI=1S/C14H14F3N5O2/c1-21-12(24)6-5-10(19-21)18-11(23)7-22-9-4-2-3-8(9)13(20-22)14(15,16)17/h5-6H,2-4,7H2,1H3,(H,18,19,23). The number of aromatic nitrogens is 4. The van der Waals surface area contributed by atoms with Crippen molar-refractivity contribution in [3.63, 3.8) is 0 Å². The van der Waals surface area contributed by atoms with E-state index in [0.29, 0.717) is 25.0 Å². The molecule has 0 atom stereocenters. The van der Waals surface area contributed by atoms with Crippen LogP contribution in [0.25, 0.3) is 0 Å². The van der Waals surface area contributed by atoms with Gasteiger partial charge in [-0.3, -0.25) is 14.3 Å². The number of amides is 1. The highest BCUT2D eigenvalue weighted by molar-refractivity contribution is 5.89. The van der Waals surface area contributed by atoms with Gasteiger partial charge in [-0.25, -0.2) is 4.68 Å². The van der Waals surface area contributed by atoms with Gasteiger partial charge in [0.2, 0.25) is 5.91 Å². The van der Waals surface area contributed by atoms with Crippen molar-refractivity contribution in [2.75, 3.05) is 5.32 Å². The first-order valence-corrected chi connectivity index (χ1v) is 7.25. The van der Waals surface area contributed by atoms with E-state index in [4.69, 9.17) is 0 Å². The van der Waals surface area contributed by atoms with Gasteiger partial charge in [-0.15, -0.1) is 0 Å². The SMILES string of the molecule is Cn1nc(NC(=O)Cn2nc(C(F)(F)F)c3c2CCC3)ccc1=O. The van der Waals surface area contributed by atoms with E-state index >= 15 is 0 Å². The lowest BCUT2D eigenvalue weighted by Crippen LogP contribution is -2.24. The van der Waals surface area contributed by atoms with Crippen LogP contribution in [0.1, 0.15) is 23.4 Å². The van der Waals surface area contributed by atoms with Crippen molar-refractivity contribution in [2.45, 2.75) is 32.0 Å². The van der Waals surface area contributed by atoms with Gasteiger partial charge in [0, 0.05) is 24.4 Å². The van der Waals surface area contributed by atoms with Crippen molar-refractivity contribution in [3.8, 4) is 0 Å². The van der Waals surface area contributed by atoms with E-state index < -0.39 is 17.8 Å². The van der Waals surface area contributed by atoms with E-state index in [-0.39, 0.29) is 23.5 Å². The number of hydrogen-bond donors (Lipinski definition) is 1. The molecule has 0 radical (unpaired) electrons. The van der Waals surface area contributed by atoms with Gasteiger partial charge in [-0.1, -0.05) is 0 Å². The van der Waals surface area contributed by atoms with E-state index in [1.165, 1.54) is 19.2 Å². The zero-order valence-electron chi connectivity index (χ0n) is 12.7. The summed E-state index contributed by atoms with van der Waals surface area (Å²) in [6.45, 7) is -0.344. The molecule has 7 nitrogen and oxygen atoms in total. The van der Waals surface area contributed by atoms with Crippen molar-refractivity contribution < 1.29 is 18.0 Å². The molecular formula is C14H14F3N5O2. The number of halogens is 3. The van der Waals surface area contributed by atoms with Gasteiger partial charge >= 0.3 is 6.18 Å². The van der Waals surface area contributed by atoms with Crippen LogP contribution in [-0.2, 0) is 37.4 Å². The van der Waals surface area contributed by atoms with Crippen LogP contribution in [0.3, 0.4) is 0 Å². The second kappa shape index (κ2) is 5.77. The monoisotopic (exact) mass is 341 g/mol. The predicted octanol–water partition coefficient (Wildman–Crippen LogP) is 1.12. The summed E-state index contributed by atoms with van der Waals surface area (Å²) in [5.74, 6) is -0.422. The third-order valence-electron chi connectivity index (χ3n) is 3.80. The number of alkyl halides is 3. The molecular weight excluding hydrogens is 327 g/mol. The normalized spacial score (nSPS) is 13.8. The van der Waals surface area contributed by atoms with Gasteiger partial charge in [0.15, 0.2) is 11.5 Å². The summed E-state index contributed by atoms with van der Waals surface area (Å²) < 4.78 is 41.2. The molecule has 1 aliphatic carbocycles. The molecule has 10 heteroatoms. The third kappa shape index (κ3) is 3.03. The quantitative estimate of drug-likeness (QED) is 0.907. The number of rotatable bonds is 3. The summed E-state index contributed by atoms with van der Waals surface area (Å²) in [4.78, 5) is 23.3. The summed E-state index contributed by atoms with van der Waals surface area (Å²) >= 11 is 0. The number of nitrogens with one attached hydrogen (secondary N) is 1. The number of fused-ring (bicyclic) bond motifs is 1. The molecule has 2 aromatic rings. The Morgan fingerprint density at radius 1 is 1.29 bits per heavy atom. The zero-order chi connectivity index (χ0) is 17.5. The van der Waals surface area contributed by atoms with Crippen LogP contribution >= 0.6 is 0 Å². The second-order valence-electron chi connectivity index (χ2n) is 5.51. The van der Waals surface area contributed by atoms with Crippen LogP contribution in [0.2, 0.25) is 0 Å². The Balaban J connectivity index is 1.80. The molecule has 3 rings (SSSR count). The van der Waals surface area contributed by atoms with E-state index in [1.807, 2.05) is 0 Å². The Labute approximate surface area is 134 Å². The summed E-state index contributed by atoms with van der Waals surface area (Å²) in [5, 5.41) is 9.85. The van der Waals surface area contributed by atoms with Gasteiger partial charge in [-0.05, 0) is 25.3 Å². The Kier molecular flexibility index (Phi) is 3.90. The first-order chi connectivity index (χ1) is 11.3. The second-order valence-corrected chi connectivity index (χ2v) is 5.51. The molecule has 0 unspecified atom stereocenters. The third-order valence-corrected chi connectivity index (χ3v) is 3.80. The number of carbonyl (C=O) groups is 1. The summed E-state index contributed by atoms with van der Waals surface area (Å²) in [6, 6.07) is 2.56. The summed E-state index contributed by atoms with van der Waals surface area (Å²) in [6.07, 6.45) is -3.15. The zero-order valence-corrected chi connectivity index (χ0v) is 12.7. The number of aryl methyl sites for hydroxylation is 1. The molecule has 0 spiro atoms. The topological polar surface area (TPSA) is 81.8 Å². The van der Waals surface area contributed by atoms with Crippen LogP contribution in [0, 0.1) is 0 Å². The fourth-order valence-electron chi connectivity index (χ4n) is 2.76. The average Bonchev–Trinajstić information content (AvgIpc) is 3.06.